The Morgan fingerprint density at radius 1 is 1.39 bits per heavy atom. The number of hydrogen-bond donors (Lipinski definition) is 2. The standard InChI is InChI=1S/C14H15ClF3N3O2/c1-21(12(23)13(19)4-5-13)7-11(22)20-8-2-3-10(15)9(6-8)14(16,17)18/h2-3,6H,4-5,7,19H2,1H3,(H,20,22). The van der Waals surface area contributed by atoms with E-state index < -0.39 is 28.2 Å². The monoisotopic (exact) mass is 349 g/mol. The molecule has 9 heteroatoms. The van der Waals surface area contributed by atoms with E-state index in [0.29, 0.717) is 12.8 Å². The first kappa shape index (κ1) is 17.6. The fraction of sp³-hybridized carbons (Fsp3) is 0.429. The third kappa shape index (κ3) is 4.14. The first-order valence-corrected chi connectivity index (χ1v) is 7.12. The summed E-state index contributed by atoms with van der Waals surface area (Å²) in [4.78, 5) is 24.9. The van der Waals surface area contributed by atoms with E-state index >= 15 is 0 Å². The van der Waals surface area contributed by atoms with Crippen LogP contribution in [0.1, 0.15) is 18.4 Å². The number of benzene rings is 1. The number of nitrogens with two attached hydrogens (primary N) is 1. The van der Waals surface area contributed by atoms with Gasteiger partial charge in [0, 0.05) is 12.7 Å². The van der Waals surface area contributed by atoms with Crippen LogP contribution in [0, 0.1) is 0 Å². The van der Waals surface area contributed by atoms with E-state index in [1.807, 2.05) is 0 Å². The molecule has 0 spiro atoms. The first-order valence-electron chi connectivity index (χ1n) is 6.74. The number of hydrogen-bond acceptors (Lipinski definition) is 3. The maximum Gasteiger partial charge on any atom is 0.417 e. The number of carbonyl (C=O) groups is 2. The van der Waals surface area contributed by atoms with Crippen LogP contribution in [0.3, 0.4) is 0 Å². The van der Waals surface area contributed by atoms with Gasteiger partial charge < -0.3 is 16.0 Å². The lowest BCUT2D eigenvalue weighted by Crippen LogP contribution is -2.46. The molecular weight excluding hydrogens is 335 g/mol. The molecule has 1 aliphatic rings. The maximum absolute atomic E-state index is 12.8. The predicted molar refractivity (Wildman–Crippen MR) is 78.9 cm³/mol. The van der Waals surface area contributed by atoms with Crippen molar-refractivity contribution in [3.05, 3.63) is 28.8 Å². The second-order valence-corrected chi connectivity index (χ2v) is 5.97. The maximum atomic E-state index is 12.8. The molecule has 0 saturated heterocycles. The molecule has 2 amide bonds. The Balaban J connectivity index is 2.02. The molecule has 0 unspecified atom stereocenters. The Kier molecular flexibility index (Phi) is 4.59. The molecule has 0 aliphatic heterocycles. The fourth-order valence-electron chi connectivity index (χ4n) is 2.04. The van der Waals surface area contributed by atoms with Gasteiger partial charge in [-0.3, -0.25) is 9.59 Å². The minimum absolute atomic E-state index is 0.0542. The third-order valence-corrected chi connectivity index (χ3v) is 3.83. The summed E-state index contributed by atoms with van der Waals surface area (Å²) < 4.78 is 38.3. The summed E-state index contributed by atoms with van der Waals surface area (Å²) in [5, 5.41) is 1.85. The molecule has 5 nitrogen and oxygen atoms in total. The third-order valence-electron chi connectivity index (χ3n) is 3.50. The molecule has 2 rings (SSSR count). The number of nitrogens with zero attached hydrogens (tertiary/aromatic N) is 1. The summed E-state index contributed by atoms with van der Waals surface area (Å²) in [6.07, 6.45) is -3.50. The molecule has 126 valence electrons. The molecule has 0 bridgehead atoms. The number of halogens is 4. The zero-order valence-electron chi connectivity index (χ0n) is 12.2. The van der Waals surface area contributed by atoms with Crippen LogP contribution in [-0.2, 0) is 15.8 Å². The van der Waals surface area contributed by atoms with Crippen LogP contribution < -0.4 is 11.1 Å². The van der Waals surface area contributed by atoms with E-state index in [1.165, 1.54) is 13.1 Å². The summed E-state index contributed by atoms with van der Waals surface area (Å²) in [6.45, 7) is -0.304. The number of amides is 2. The minimum atomic E-state index is -4.62. The van der Waals surface area contributed by atoms with E-state index in [0.717, 1.165) is 17.0 Å². The summed E-state index contributed by atoms with van der Waals surface area (Å²) in [5.74, 6) is -0.986. The molecule has 1 aromatic carbocycles. The molecule has 0 heterocycles. The van der Waals surface area contributed by atoms with Crippen LogP contribution in [0.4, 0.5) is 18.9 Å². The number of likely N-dealkylation sites (N-methyl/N-ethyl adjacent to an activating group) is 1. The van der Waals surface area contributed by atoms with Gasteiger partial charge in [-0.2, -0.15) is 13.2 Å². The molecule has 0 aromatic heterocycles. The number of rotatable bonds is 4. The number of nitrogens with one attached hydrogen (secondary N) is 1. The van der Waals surface area contributed by atoms with E-state index in [4.69, 9.17) is 17.3 Å². The molecule has 23 heavy (non-hydrogen) atoms. The number of carbonyl (C=O) groups excluding carboxylic acids is 2. The molecule has 1 saturated carbocycles. The minimum Gasteiger partial charge on any atom is -0.335 e. The van der Waals surface area contributed by atoms with Gasteiger partial charge in [0.2, 0.25) is 11.8 Å². The molecular formula is C14H15ClF3N3O2. The quantitative estimate of drug-likeness (QED) is 0.875. The largest absolute Gasteiger partial charge is 0.417 e. The van der Waals surface area contributed by atoms with Gasteiger partial charge in [0.15, 0.2) is 0 Å². The zero-order chi connectivity index (χ0) is 17.4. The molecule has 1 fully saturated rings. The van der Waals surface area contributed by atoms with Crippen molar-refractivity contribution < 1.29 is 22.8 Å². The lowest BCUT2D eigenvalue weighted by atomic mass is 10.2. The second-order valence-electron chi connectivity index (χ2n) is 5.56. The smallest absolute Gasteiger partial charge is 0.335 e. The Hall–Kier alpha value is -1.80. The highest BCUT2D eigenvalue weighted by Gasteiger charge is 2.47. The highest BCUT2D eigenvalue weighted by molar-refractivity contribution is 6.31. The van der Waals surface area contributed by atoms with Crippen molar-refractivity contribution in [2.45, 2.75) is 24.6 Å². The average Bonchev–Trinajstić information content (AvgIpc) is 3.18. The van der Waals surface area contributed by atoms with E-state index in [9.17, 15) is 22.8 Å². The average molecular weight is 350 g/mol. The van der Waals surface area contributed by atoms with E-state index in [-0.39, 0.29) is 18.1 Å². The van der Waals surface area contributed by atoms with Crippen molar-refractivity contribution in [1.29, 1.82) is 0 Å². The molecule has 0 radical (unpaired) electrons. The summed E-state index contributed by atoms with van der Waals surface area (Å²) in [6, 6.07) is 3.05. The van der Waals surface area contributed by atoms with Gasteiger partial charge in [0.25, 0.3) is 0 Å². The molecule has 1 aliphatic carbocycles. The van der Waals surface area contributed by atoms with Gasteiger partial charge in [0.1, 0.15) is 0 Å². The van der Waals surface area contributed by atoms with Crippen LogP contribution in [-0.4, -0.2) is 35.8 Å². The topological polar surface area (TPSA) is 75.4 Å². The van der Waals surface area contributed by atoms with Crippen molar-refractivity contribution in [2.24, 2.45) is 5.73 Å². The van der Waals surface area contributed by atoms with Crippen molar-refractivity contribution in [2.75, 3.05) is 18.9 Å². The van der Waals surface area contributed by atoms with E-state index in [2.05, 4.69) is 5.32 Å². The summed E-state index contributed by atoms with van der Waals surface area (Å²) in [7, 11) is 1.41. The summed E-state index contributed by atoms with van der Waals surface area (Å²) >= 11 is 5.50. The van der Waals surface area contributed by atoms with Crippen LogP contribution in [0.5, 0.6) is 0 Å². The highest BCUT2D eigenvalue weighted by atomic mass is 35.5. The van der Waals surface area contributed by atoms with Crippen molar-refractivity contribution >= 4 is 29.1 Å². The van der Waals surface area contributed by atoms with Crippen LogP contribution >= 0.6 is 11.6 Å². The molecule has 3 N–H and O–H groups in total. The highest BCUT2D eigenvalue weighted by Crippen LogP contribution is 2.36. The van der Waals surface area contributed by atoms with Gasteiger partial charge in [0.05, 0.1) is 22.7 Å². The Labute approximate surface area is 135 Å². The number of alkyl halides is 3. The lowest BCUT2D eigenvalue weighted by Gasteiger charge is -2.20. The van der Waals surface area contributed by atoms with Gasteiger partial charge in [-0.25, -0.2) is 0 Å². The Bertz CT molecular complexity index is 645. The number of anilines is 1. The molecule has 1 aromatic rings. The van der Waals surface area contributed by atoms with Crippen LogP contribution in [0.25, 0.3) is 0 Å². The van der Waals surface area contributed by atoms with Gasteiger partial charge in [-0.1, -0.05) is 11.6 Å². The van der Waals surface area contributed by atoms with Crippen molar-refractivity contribution in [3.63, 3.8) is 0 Å². The predicted octanol–water partition coefficient (Wildman–Crippen LogP) is 2.25. The van der Waals surface area contributed by atoms with Gasteiger partial charge in [-0.05, 0) is 31.0 Å². The van der Waals surface area contributed by atoms with Crippen molar-refractivity contribution in [3.8, 4) is 0 Å². The van der Waals surface area contributed by atoms with Gasteiger partial charge in [-0.15, -0.1) is 0 Å². The van der Waals surface area contributed by atoms with Crippen LogP contribution in [0.2, 0.25) is 5.02 Å². The normalized spacial score (nSPS) is 15.9. The molecule has 0 atom stereocenters. The summed E-state index contributed by atoms with van der Waals surface area (Å²) in [5.41, 5.74) is 3.74. The van der Waals surface area contributed by atoms with E-state index in [1.54, 1.807) is 0 Å². The SMILES string of the molecule is CN(CC(=O)Nc1ccc(Cl)c(C(F)(F)F)c1)C(=O)C1(N)CC1. The van der Waals surface area contributed by atoms with Crippen LogP contribution in [0.15, 0.2) is 18.2 Å². The van der Waals surface area contributed by atoms with Gasteiger partial charge >= 0.3 is 6.18 Å². The second kappa shape index (κ2) is 6.01. The Morgan fingerprint density at radius 2 is 2.00 bits per heavy atom. The van der Waals surface area contributed by atoms with Crippen molar-refractivity contribution in [1.82, 2.24) is 4.90 Å². The fourth-order valence-corrected chi connectivity index (χ4v) is 2.26. The first-order chi connectivity index (χ1) is 10.5. The zero-order valence-corrected chi connectivity index (χ0v) is 13.0. The lowest BCUT2D eigenvalue weighted by molar-refractivity contribution is -0.137. The Morgan fingerprint density at radius 3 is 2.52 bits per heavy atom.